The van der Waals surface area contributed by atoms with Crippen LogP contribution in [0.3, 0.4) is 0 Å². The number of benzene rings is 3. The van der Waals surface area contributed by atoms with E-state index in [0.717, 1.165) is 16.8 Å². The van der Waals surface area contributed by atoms with Gasteiger partial charge in [0.15, 0.2) is 6.10 Å². The highest BCUT2D eigenvalue weighted by Crippen LogP contribution is 2.48. The zero-order chi connectivity index (χ0) is 21.7. The summed E-state index contributed by atoms with van der Waals surface area (Å²) in [5, 5.41) is 1.61. The van der Waals surface area contributed by atoms with Gasteiger partial charge in [-0.1, -0.05) is 48.5 Å². The monoisotopic (exact) mass is 416 g/mol. The summed E-state index contributed by atoms with van der Waals surface area (Å²) in [4.78, 5) is 34.4. The van der Waals surface area contributed by atoms with E-state index in [0.29, 0.717) is 11.3 Å². The first-order valence-electron chi connectivity index (χ1n) is 10.2. The molecule has 2 aliphatic heterocycles. The molecule has 5 nitrogen and oxygen atoms in total. The summed E-state index contributed by atoms with van der Waals surface area (Å²) < 4.78 is 13.6. The second-order valence-corrected chi connectivity index (χ2v) is 7.96. The van der Waals surface area contributed by atoms with E-state index in [2.05, 4.69) is 0 Å². The number of rotatable bonds is 3. The number of carbonyl (C=O) groups excluding carboxylic acids is 2. The third-order valence-electron chi connectivity index (χ3n) is 6.00. The Labute approximate surface area is 179 Å². The van der Waals surface area contributed by atoms with Crippen molar-refractivity contribution < 1.29 is 18.8 Å². The second-order valence-electron chi connectivity index (χ2n) is 7.96. The van der Waals surface area contributed by atoms with E-state index in [9.17, 15) is 14.0 Å². The van der Waals surface area contributed by atoms with Crippen LogP contribution in [0.5, 0.6) is 0 Å². The quantitative estimate of drug-likeness (QED) is 0.590. The van der Waals surface area contributed by atoms with Crippen LogP contribution in [-0.2, 0) is 14.4 Å². The Morgan fingerprint density at radius 1 is 0.806 bits per heavy atom. The summed E-state index contributed by atoms with van der Waals surface area (Å²) >= 11 is 0. The number of carbonyl (C=O) groups is 2. The van der Waals surface area contributed by atoms with Gasteiger partial charge in [0.2, 0.25) is 5.91 Å². The van der Waals surface area contributed by atoms with Gasteiger partial charge in [-0.3, -0.25) is 14.4 Å². The normalized spacial score (nSPS) is 22.9. The van der Waals surface area contributed by atoms with Gasteiger partial charge in [-0.15, -0.1) is 0 Å². The van der Waals surface area contributed by atoms with Crippen molar-refractivity contribution in [3.63, 3.8) is 0 Å². The maximum Gasteiger partial charge on any atom is 0.266 e. The maximum absolute atomic E-state index is 13.7. The molecule has 156 valence electrons. The van der Waals surface area contributed by atoms with E-state index in [1.807, 2.05) is 62.4 Å². The first kappa shape index (κ1) is 19.5. The zero-order valence-corrected chi connectivity index (χ0v) is 17.2. The van der Waals surface area contributed by atoms with Gasteiger partial charge in [0.25, 0.3) is 5.91 Å². The first-order valence-corrected chi connectivity index (χ1v) is 10.2. The largest absolute Gasteiger partial charge is 0.273 e. The fourth-order valence-corrected chi connectivity index (χ4v) is 4.59. The molecule has 0 radical (unpaired) electrons. The molecule has 6 heteroatoms. The number of amides is 2. The van der Waals surface area contributed by atoms with Crippen molar-refractivity contribution in [1.82, 2.24) is 0 Å². The molecule has 3 atom stereocenters. The number of aryl methyl sites for hydroxylation is 2. The Morgan fingerprint density at radius 3 is 2.10 bits per heavy atom. The van der Waals surface area contributed by atoms with Gasteiger partial charge in [0.1, 0.15) is 11.7 Å². The minimum absolute atomic E-state index is 0.305. The molecule has 0 aliphatic carbocycles. The highest BCUT2D eigenvalue weighted by molar-refractivity contribution is 6.24. The van der Waals surface area contributed by atoms with Crippen LogP contribution in [0.1, 0.15) is 22.7 Å². The van der Waals surface area contributed by atoms with E-state index < -0.39 is 18.1 Å². The lowest BCUT2D eigenvalue weighted by Gasteiger charge is -2.29. The van der Waals surface area contributed by atoms with Crippen LogP contribution in [-0.4, -0.2) is 17.9 Å². The standard InChI is InChI=1S/C25H21FN2O3/c1-15-7-6-8-16(2)21(15)27-24(29)20-22(17-11-13-18(26)14-12-17)28(31-23(20)25(27)30)19-9-4-3-5-10-19/h3-14,20,22-23H,1-2H3/t20-,22+,23-/m0/s1. The molecule has 0 N–H and O–H groups in total. The third-order valence-corrected chi connectivity index (χ3v) is 6.00. The Balaban J connectivity index is 1.61. The summed E-state index contributed by atoms with van der Waals surface area (Å²) in [6.07, 6.45) is -0.943. The number of imide groups is 1. The zero-order valence-electron chi connectivity index (χ0n) is 17.2. The summed E-state index contributed by atoms with van der Waals surface area (Å²) in [7, 11) is 0. The van der Waals surface area contributed by atoms with Crippen LogP contribution in [0.25, 0.3) is 0 Å². The number of hydroxylamine groups is 1. The molecule has 2 aliphatic rings. The molecule has 0 unspecified atom stereocenters. The van der Waals surface area contributed by atoms with Gasteiger partial charge < -0.3 is 0 Å². The van der Waals surface area contributed by atoms with Crippen molar-refractivity contribution in [2.45, 2.75) is 26.0 Å². The van der Waals surface area contributed by atoms with Crippen LogP contribution in [0.2, 0.25) is 0 Å². The van der Waals surface area contributed by atoms with E-state index in [-0.39, 0.29) is 17.6 Å². The van der Waals surface area contributed by atoms with Crippen molar-refractivity contribution in [3.05, 3.63) is 95.3 Å². The van der Waals surface area contributed by atoms with Gasteiger partial charge >= 0.3 is 0 Å². The van der Waals surface area contributed by atoms with E-state index in [4.69, 9.17) is 4.84 Å². The first-order chi connectivity index (χ1) is 15.0. The Kier molecular flexibility index (Phi) is 4.59. The Hall–Kier alpha value is -3.51. The highest BCUT2D eigenvalue weighted by atomic mass is 19.1. The van der Waals surface area contributed by atoms with Crippen LogP contribution in [0.4, 0.5) is 15.8 Å². The lowest BCUT2D eigenvalue weighted by molar-refractivity contribution is -0.126. The molecule has 3 aromatic carbocycles. The molecule has 5 rings (SSSR count). The molecule has 2 fully saturated rings. The Morgan fingerprint density at radius 2 is 1.45 bits per heavy atom. The van der Waals surface area contributed by atoms with Gasteiger partial charge in [0.05, 0.1) is 17.4 Å². The predicted molar refractivity (Wildman–Crippen MR) is 115 cm³/mol. The molecule has 2 amide bonds. The second kappa shape index (κ2) is 7.32. The molecular weight excluding hydrogens is 395 g/mol. The number of para-hydroxylation sites is 2. The topological polar surface area (TPSA) is 49.9 Å². The van der Waals surface area contributed by atoms with Crippen LogP contribution >= 0.6 is 0 Å². The SMILES string of the molecule is Cc1cccc(C)c1N1C(=O)[C@@H]2[C@H](ON(c3ccccc3)[C@@H]2c2ccc(F)cc2)C1=O. The van der Waals surface area contributed by atoms with E-state index >= 15 is 0 Å². The van der Waals surface area contributed by atoms with Gasteiger partial charge in [0, 0.05) is 0 Å². The smallest absolute Gasteiger partial charge is 0.266 e. The van der Waals surface area contributed by atoms with Gasteiger partial charge in [-0.2, -0.15) is 0 Å². The minimum atomic E-state index is -0.943. The molecule has 3 aromatic rings. The van der Waals surface area contributed by atoms with Crippen molar-refractivity contribution in [2.24, 2.45) is 5.92 Å². The maximum atomic E-state index is 13.7. The van der Waals surface area contributed by atoms with Crippen LogP contribution < -0.4 is 9.96 Å². The number of anilines is 2. The minimum Gasteiger partial charge on any atom is -0.273 e. The molecule has 31 heavy (non-hydrogen) atoms. The fraction of sp³-hybridized carbons (Fsp3) is 0.200. The van der Waals surface area contributed by atoms with Crippen molar-refractivity contribution in [1.29, 1.82) is 0 Å². The van der Waals surface area contributed by atoms with Gasteiger partial charge in [-0.25, -0.2) is 14.4 Å². The summed E-state index contributed by atoms with van der Waals surface area (Å²) in [5.41, 5.74) is 3.74. The van der Waals surface area contributed by atoms with Crippen molar-refractivity contribution >= 4 is 23.2 Å². The van der Waals surface area contributed by atoms with Crippen LogP contribution in [0.15, 0.2) is 72.8 Å². The molecule has 0 spiro atoms. The summed E-state index contributed by atoms with van der Waals surface area (Å²) in [6, 6.07) is 20.4. The lowest BCUT2D eigenvalue weighted by atomic mass is 9.90. The molecular formula is C25H21FN2O3. The third kappa shape index (κ3) is 3.02. The summed E-state index contributed by atoms with van der Waals surface area (Å²) in [6.45, 7) is 3.76. The van der Waals surface area contributed by atoms with E-state index in [1.54, 1.807) is 17.2 Å². The average Bonchev–Trinajstić information content (AvgIpc) is 3.27. The Bertz CT molecular complexity index is 1140. The van der Waals surface area contributed by atoms with Gasteiger partial charge in [-0.05, 0) is 54.8 Å². The van der Waals surface area contributed by atoms with Crippen molar-refractivity contribution in [3.8, 4) is 0 Å². The van der Waals surface area contributed by atoms with Crippen molar-refractivity contribution in [2.75, 3.05) is 9.96 Å². The molecule has 2 saturated heterocycles. The fourth-order valence-electron chi connectivity index (χ4n) is 4.59. The number of hydrogen-bond acceptors (Lipinski definition) is 4. The molecule has 0 bridgehead atoms. The number of nitrogens with zero attached hydrogens (tertiary/aromatic N) is 2. The predicted octanol–water partition coefficient (Wildman–Crippen LogP) is 4.49. The molecule has 0 saturated carbocycles. The van der Waals surface area contributed by atoms with E-state index in [1.165, 1.54) is 17.0 Å². The lowest BCUT2D eigenvalue weighted by Crippen LogP contribution is -2.38. The number of fused-ring (bicyclic) bond motifs is 1. The van der Waals surface area contributed by atoms with Crippen LogP contribution in [0, 0.1) is 25.6 Å². The highest BCUT2D eigenvalue weighted by Gasteiger charge is 2.60. The number of hydrogen-bond donors (Lipinski definition) is 0. The molecule has 0 aromatic heterocycles. The molecule has 2 heterocycles. The average molecular weight is 416 g/mol. The number of halogens is 1. The summed E-state index contributed by atoms with van der Waals surface area (Å²) in [5.74, 6) is -1.79.